The van der Waals surface area contributed by atoms with Crippen molar-refractivity contribution in [1.29, 1.82) is 0 Å². The number of H-pyrrole nitrogens is 1. The van der Waals surface area contributed by atoms with Crippen LogP contribution in [0.1, 0.15) is 54.0 Å². The van der Waals surface area contributed by atoms with E-state index >= 15 is 0 Å². The molecule has 0 bridgehead atoms. The number of carbonyl (C=O) groups is 5. The van der Waals surface area contributed by atoms with Crippen molar-refractivity contribution in [2.45, 2.75) is 45.2 Å². The number of ketones is 1. The van der Waals surface area contributed by atoms with Gasteiger partial charge in [0, 0.05) is 23.4 Å². The lowest BCUT2D eigenvalue weighted by molar-refractivity contribution is -0.131. The molecule has 13 heteroatoms. The SMILES string of the molecule is COc1cccc2[nH]c(C(=O)NC(CC(C)C)C(=O)NC(CC3CCNC3=O)C(=O)COC(=O)c3c(F)cccc3F)cc12. The molecule has 0 spiro atoms. The second-order valence-electron chi connectivity index (χ2n) is 11.0. The summed E-state index contributed by atoms with van der Waals surface area (Å²) in [6.45, 7) is 3.19. The molecule has 3 aromatic rings. The number of Topliss-reactive ketones (excluding diaryl/α,β-unsaturated/α-hetero) is 1. The molecule has 234 valence electrons. The van der Waals surface area contributed by atoms with Gasteiger partial charge in [-0.15, -0.1) is 0 Å². The molecule has 1 fully saturated rings. The molecule has 1 aliphatic rings. The molecule has 1 aromatic heterocycles. The van der Waals surface area contributed by atoms with Crippen LogP contribution in [0.25, 0.3) is 10.9 Å². The number of aromatic nitrogens is 1. The molecule has 2 aromatic carbocycles. The zero-order valence-electron chi connectivity index (χ0n) is 24.5. The summed E-state index contributed by atoms with van der Waals surface area (Å²) in [6, 6.07) is 7.35. The molecule has 4 N–H and O–H groups in total. The largest absolute Gasteiger partial charge is 0.496 e. The Hall–Kier alpha value is -4.81. The Labute approximate surface area is 252 Å². The van der Waals surface area contributed by atoms with Crippen LogP contribution in [0.5, 0.6) is 5.75 Å². The van der Waals surface area contributed by atoms with Crippen LogP contribution >= 0.6 is 0 Å². The van der Waals surface area contributed by atoms with Gasteiger partial charge < -0.3 is 30.4 Å². The van der Waals surface area contributed by atoms with Crippen LogP contribution in [-0.4, -0.2) is 66.8 Å². The second kappa shape index (κ2) is 14.1. The lowest BCUT2D eigenvalue weighted by Gasteiger charge is -2.25. The minimum atomic E-state index is -1.39. The zero-order chi connectivity index (χ0) is 32.0. The third-order valence-corrected chi connectivity index (χ3v) is 7.32. The van der Waals surface area contributed by atoms with E-state index in [1.165, 1.54) is 7.11 Å². The van der Waals surface area contributed by atoms with Crippen molar-refractivity contribution >= 4 is 40.4 Å². The van der Waals surface area contributed by atoms with E-state index in [9.17, 15) is 32.8 Å². The Kier molecular flexibility index (Phi) is 10.3. The maximum Gasteiger partial charge on any atom is 0.344 e. The number of benzene rings is 2. The third kappa shape index (κ3) is 7.57. The highest BCUT2D eigenvalue weighted by Crippen LogP contribution is 2.26. The molecule has 0 saturated carbocycles. The predicted molar refractivity (Wildman–Crippen MR) is 155 cm³/mol. The van der Waals surface area contributed by atoms with E-state index in [1.54, 1.807) is 24.3 Å². The normalized spacial score (nSPS) is 15.9. The number of rotatable bonds is 13. The second-order valence-corrected chi connectivity index (χ2v) is 11.0. The van der Waals surface area contributed by atoms with Crippen molar-refractivity contribution in [1.82, 2.24) is 20.9 Å². The van der Waals surface area contributed by atoms with Gasteiger partial charge in [-0.1, -0.05) is 26.0 Å². The maximum atomic E-state index is 14.0. The van der Waals surface area contributed by atoms with E-state index < -0.39 is 65.4 Å². The van der Waals surface area contributed by atoms with Crippen molar-refractivity contribution < 1.29 is 42.2 Å². The van der Waals surface area contributed by atoms with E-state index in [0.717, 1.165) is 18.2 Å². The van der Waals surface area contributed by atoms with Gasteiger partial charge in [0.2, 0.25) is 11.8 Å². The monoisotopic (exact) mass is 612 g/mol. The standard InChI is InChI=1S/C31H34F2N4O7/c1-16(2)12-23(37-30(41)24-14-18-21(35-24)8-5-9-26(18)43-3)29(40)36-22(13-17-10-11-34-28(17)39)25(38)15-44-31(42)27-19(32)6-4-7-20(27)33/h4-9,14,16-17,22-23,35H,10-13,15H2,1-3H3,(H,34,39)(H,36,40)(H,37,41). The molecule has 0 aliphatic carbocycles. The number of fused-ring (bicyclic) bond motifs is 1. The summed E-state index contributed by atoms with van der Waals surface area (Å²) in [5.41, 5.74) is -0.108. The number of amides is 3. The van der Waals surface area contributed by atoms with Gasteiger partial charge >= 0.3 is 5.97 Å². The first kappa shape index (κ1) is 32.1. The Morgan fingerprint density at radius 1 is 1.02 bits per heavy atom. The van der Waals surface area contributed by atoms with Gasteiger partial charge in [-0.2, -0.15) is 0 Å². The van der Waals surface area contributed by atoms with Gasteiger partial charge in [-0.05, 0) is 55.5 Å². The van der Waals surface area contributed by atoms with E-state index in [4.69, 9.17) is 9.47 Å². The summed E-state index contributed by atoms with van der Waals surface area (Å²) in [4.78, 5) is 67.6. The quantitative estimate of drug-likeness (QED) is 0.216. The number of ether oxygens (including phenoxy) is 2. The number of aromatic amines is 1. The number of nitrogens with one attached hydrogen (secondary N) is 4. The highest BCUT2D eigenvalue weighted by atomic mass is 19.1. The van der Waals surface area contributed by atoms with Gasteiger partial charge in [0.1, 0.15) is 34.7 Å². The number of methoxy groups -OCH3 is 1. The molecule has 44 heavy (non-hydrogen) atoms. The molecule has 1 saturated heterocycles. The van der Waals surface area contributed by atoms with E-state index in [0.29, 0.717) is 29.6 Å². The van der Waals surface area contributed by atoms with Crippen molar-refractivity contribution in [2.75, 3.05) is 20.3 Å². The Balaban J connectivity index is 1.50. The summed E-state index contributed by atoms with van der Waals surface area (Å²) in [5.74, 6) is -6.14. The molecule has 4 rings (SSSR count). The Morgan fingerprint density at radius 2 is 1.73 bits per heavy atom. The van der Waals surface area contributed by atoms with Crippen molar-refractivity contribution in [3.05, 3.63) is 65.4 Å². The Bertz CT molecular complexity index is 1550. The van der Waals surface area contributed by atoms with Gasteiger partial charge in [0.25, 0.3) is 5.91 Å². The summed E-state index contributed by atoms with van der Waals surface area (Å²) in [7, 11) is 1.51. The Morgan fingerprint density at radius 3 is 2.36 bits per heavy atom. The van der Waals surface area contributed by atoms with Crippen LogP contribution in [0.2, 0.25) is 0 Å². The highest BCUT2D eigenvalue weighted by Gasteiger charge is 2.34. The number of carbonyl (C=O) groups excluding carboxylic acids is 5. The lowest BCUT2D eigenvalue weighted by Crippen LogP contribution is -2.53. The first-order valence-corrected chi connectivity index (χ1v) is 14.2. The molecule has 2 heterocycles. The van der Waals surface area contributed by atoms with E-state index in [-0.39, 0.29) is 30.4 Å². The molecule has 3 atom stereocenters. The smallest absolute Gasteiger partial charge is 0.344 e. The van der Waals surface area contributed by atoms with Crippen LogP contribution in [0.15, 0.2) is 42.5 Å². The number of halogens is 2. The number of hydrogen-bond donors (Lipinski definition) is 4. The molecule has 3 amide bonds. The average Bonchev–Trinajstić information content (AvgIpc) is 3.60. The van der Waals surface area contributed by atoms with E-state index in [2.05, 4.69) is 20.9 Å². The molecular formula is C31H34F2N4O7. The summed E-state index contributed by atoms with van der Waals surface area (Å²) in [6.07, 6.45) is 0.522. The van der Waals surface area contributed by atoms with Gasteiger partial charge in [0.15, 0.2) is 12.4 Å². The molecule has 11 nitrogen and oxygen atoms in total. The maximum absolute atomic E-state index is 14.0. The molecule has 1 aliphatic heterocycles. The topological polar surface area (TPSA) is 156 Å². The van der Waals surface area contributed by atoms with E-state index in [1.807, 2.05) is 13.8 Å². The summed E-state index contributed by atoms with van der Waals surface area (Å²) >= 11 is 0. The fourth-order valence-corrected chi connectivity index (χ4v) is 5.07. The highest BCUT2D eigenvalue weighted by molar-refractivity contribution is 6.02. The third-order valence-electron chi connectivity index (χ3n) is 7.32. The van der Waals surface area contributed by atoms with Crippen molar-refractivity contribution in [2.24, 2.45) is 11.8 Å². The first-order chi connectivity index (χ1) is 21.0. The summed E-state index contributed by atoms with van der Waals surface area (Å²) < 4.78 is 38.3. The molecule has 3 unspecified atom stereocenters. The van der Waals surface area contributed by atoms with Crippen molar-refractivity contribution in [3.63, 3.8) is 0 Å². The lowest BCUT2D eigenvalue weighted by atomic mass is 9.95. The van der Waals surface area contributed by atoms with Crippen LogP contribution < -0.4 is 20.7 Å². The fraction of sp³-hybridized carbons (Fsp3) is 0.387. The zero-order valence-corrected chi connectivity index (χ0v) is 24.5. The van der Waals surface area contributed by atoms with Gasteiger partial charge in [-0.3, -0.25) is 19.2 Å². The van der Waals surface area contributed by atoms with Gasteiger partial charge in [0.05, 0.1) is 13.2 Å². The van der Waals surface area contributed by atoms with Gasteiger partial charge in [-0.25, -0.2) is 13.6 Å². The van der Waals surface area contributed by atoms with Crippen LogP contribution in [0, 0.1) is 23.5 Å². The summed E-state index contributed by atoms with van der Waals surface area (Å²) in [5, 5.41) is 8.65. The molecule has 0 radical (unpaired) electrons. The molecular weight excluding hydrogens is 578 g/mol. The van der Waals surface area contributed by atoms with Crippen LogP contribution in [-0.2, 0) is 19.1 Å². The van der Waals surface area contributed by atoms with Crippen LogP contribution in [0.3, 0.4) is 0 Å². The number of hydrogen-bond acceptors (Lipinski definition) is 7. The average molecular weight is 613 g/mol. The minimum Gasteiger partial charge on any atom is -0.496 e. The predicted octanol–water partition coefficient (Wildman–Crippen LogP) is 3.04. The first-order valence-electron chi connectivity index (χ1n) is 14.2. The number of esters is 1. The van der Waals surface area contributed by atoms with Crippen molar-refractivity contribution in [3.8, 4) is 5.75 Å². The minimum absolute atomic E-state index is 0.0414. The fourth-order valence-electron chi connectivity index (χ4n) is 5.07. The van der Waals surface area contributed by atoms with Crippen LogP contribution in [0.4, 0.5) is 8.78 Å².